The fraction of sp³-hybridized carbons (Fsp3) is 0.412. The zero-order valence-electron chi connectivity index (χ0n) is 12.8. The van der Waals surface area contributed by atoms with E-state index in [2.05, 4.69) is 10.4 Å². The van der Waals surface area contributed by atoms with E-state index in [1.54, 1.807) is 6.07 Å². The Kier molecular flexibility index (Phi) is 3.44. The van der Waals surface area contributed by atoms with Crippen molar-refractivity contribution in [1.82, 2.24) is 15.1 Å². The van der Waals surface area contributed by atoms with Crippen molar-refractivity contribution >= 4 is 5.91 Å². The van der Waals surface area contributed by atoms with Gasteiger partial charge in [-0.1, -0.05) is 12.1 Å². The van der Waals surface area contributed by atoms with E-state index in [1.807, 2.05) is 22.9 Å². The van der Waals surface area contributed by atoms with Crippen LogP contribution in [0.5, 0.6) is 11.6 Å². The number of nitrogens with one attached hydrogen (secondary N) is 1. The van der Waals surface area contributed by atoms with Gasteiger partial charge in [0.15, 0.2) is 0 Å². The first kappa shape index (κ1) is 14.1. The first-order valence-corrected chi connectivity index (χ1v) is 8.00. The number of aryl methyl sites for hydroxylation is 2. The molecule has 2 aromatic rings. The Morgan fingerprint density at radius 2 is 2.39 bits per heavy atom. The highest BCUT2D eigenvalue weighted by Gasteiger charge is 2.31. The molecule has 2 heterocycles. The second-order valence-electron chi connectivity index (χ2n) is 6.06. The first-order valence-electron chi connectivity index (χ1n) is 8.00. The van der Waals surface area contributed by atoms with E-state index in [4.69, 9.17) is 4.74 Å². The summed E-state index contributed by atoms with van der Waals surface area (Å²) in [7, 11) is 0. The Morgan fingerprint density at radius 3 is 3.26 bits per heavy atom. The predicted octanol–water partition coefficient (Wildman–Crippen LogP) is 1.72. The molecular formula is C17H19N3O3. The molecule has 23 heavy (non-hydrogen) atoms. The maximum atomic E-state index is 12.5. The van der Waals surface area contributed by atoms with Crippen LogP contribution in [-0.2, 0) is 24.3 Å². The van der Waals surface area contributed by atoms with Crippen LogP contribution in [0.2, 0.25) is 0 Å². The highest BCUT2D eigenvalue weighted by Crippen LogP contribution is 2.38. The van der Waals surface area contributed by atoms with Gasteiger partial charge in [-0.25, -0.2) is 4.68 Å². The van der Waals surface area contributed by atoms with Gasteiger partial charge in [0.2, 0.25) is 11.8 Å². The van der Waals surface area contributed by atoms with E-state index in [9.17, 15) is 9.90 Å². The van der Waals surface area contributed by atoms with Crippen molar-refractivity contribution in [2.24, 2.45) is 0 Å². The summed E-state index contributed by atoms with van der Waals surface area (Å²) < 4.78 is 7.36. The largest absolute Gasteiger partial charge is 0.508 e. The van der Waals surface area contributed by atoms with Crippen molar-refractivity contribution in [3.05, 3.63) is 41.1 Å². The van der Waals surface area contributed by atoms with Crippen LogP contribution >= 0.6 is 0 Å². The Balaban J connectivity index is 1.45. The van der Waals surface area contributed by atoms with Gasteiger partial charge >= 0.3 is 0 Å². The molecule has 1 aliphatic heterocycles. The first-order chi connectivity index (χ1) is 11.2. The van der Waals surface area contributed by atoms with Gasteiger partial charge in [-0.15, -0.1) is 0 Å². The summed E-state index contributed by atoms with van der Waals surface area (Å²) in [4.78, 5) is 12.5. The van der Waals surface area contributed by atoms with Crippen molar-refractivity contribution in [2.75, 3.05) is 6.61 Å². The molecule has 120 valence electrons. The van der Waals surface area contributed by atoms with Crippen LogP contribution in [0.3, 0.4) is 0 Å². The fourth-order valence-electron chi connectivity index (χ4n) is 3.43. The fourth-order valence-corrected chi connectivity index (χ4v) is 3.43. The van der Waals surface area contributed by atoms with Crippen LogP contribution in [0.4, 0.5) is 0 Å². The van der Waals surface area contributed by atoms with Crippen molar-refractivity contribution in [1.29, 1.82) is 0 Å². The number of carbonyl (C=O) groups excluding carboxylic acids is 1. The predicted molar refractivity (Wildman–Crippen MR) is 83.4 cm³/mol. The van der Waals surface area contributed by atoms with Gasteiger partial charge in [-0.3, -0.25) is 4.79 Å². The maximum absolute atomic E-state index is 12.5. The number of nitrogens with zero attached hydrogens (tertiary/aromatic N) is 2. The van der Waals surface area contributed by atoms with Crippen LogP contribution < -0.4 is 10.1 Å². The van der Waals surface area contributed by atoms with Gasteiger partial charge in [0.25, 0.3) is 0 Å². The molecule has 2 aliphatic rings. The minimum Gasteiger partial charge on any atom is -0.508 e. The molecule has 1 atom stereocenters. The Labute approximate surface area is 134 Å². The number of hydrogen-bond donors (Lipinski definition) is 2. The van der Waals surface area contributed by atoms with Crippen LogP contribution in [0.15, 0.2) is 24.3 Å². The molecule has 1 aliphatic carbocycles. The lowest BCUT2D eigenvalue weighted by atomic mass is 9.99. The van der Waals surface area contributed by atoms with E-state index < -0.39 is 0 Å². The second-order valence-corrected chi connectivity index (χ2v) is 6.06. The summed E-state index contributed by atoms with van der Waals surface area (Å²) >= 11 is 0. The number of hydrogen-bond acceptors (Lipinski definition) is 4. The second kappa shape index (κ2) is 5.61. The van der Waals surface area contributed by atoms with E-state index >= 15 is 0 Å². The zero-order chi connectivity index (χ0) is 15.8. The molecule has 0 radical (unpaired) electrons. The minimum absolute atomic E-state index is 0.0582. The third kappa shape index (κ3) is 2.54. The number of benzene rings is 1. The molecule has 1 aromatic heterocycles. The molecule has 6 heteroatoms. The number of ether oxygens (including phenoxy) is 1. The lowest BCUT2D eigenvalue weighted by molar-refractivity contribution is -0.122. The molecule has 0 saturated carbocycles. The summed E-state index contributed by atoms with van der Waals surface area (Å²) in [6, 6.07) is 7.32. The molecule has 1 amide bonds. The molecule has 0 fully saturated rings. The number of rotatable bonds is 3. The zero-order valence-corrected chi connectivity index (χ0v) is 12.8. The quantitative estimate of drug-likeness (QED) is 0.904. The molecule has 0 spiro atoms. The summed E-state index contributed by atoms with van der Waals surface area (Å²) in [5.41, 5.74) is 2.64. The molecule has 2 N–H and O–H groups in total. The van der Waals surface area contributed by atoms with E-state index in [0.717, 1.165) is 55.1 Å². The lowest BCUT2D eigenvalue weighted by Crippen LogP contribution is -2.28. The average molecular weight is 313 g/mol. The molecule has 1 aromatic carbocycles. The Hall–Kier alpha value is -2.50. The summed E-state index contributed by atoms with van der Waals surface area (Å²) in [5.74, 6) is 0.646. The van der Waals surface area contributed by atoms with Gasteiger partial charge in [0.1, 0.15) is 5.75 Å². The summed E-state index contributed by atoms with van der Waals surface area (Å²) in [5, 5.41) is 17.4. The molecule has 6 nitrogen and oxygen atoms in total. The molecule has 4 rings (SSSR count). The smallest absolute Gasteiger partial charge is 0.228 e. The van der Waals surface area contributed by atoms with E-state index in [1.165, 1.54) is 0 Å². The molecule has 0 saturated heterocycles. The summed E-state index contributed by atoms with van der Waals surface area (Å²) in [6.45, 7) is 1.95. The van der Waals surface area contributed by atoms with Gasteiger partial charge in [-0.05, 0) is 24.5 Å². The highest BCUT2D eigenvalue weighted by molar-refractivity contribution is 5.85. The number of amides is 1. The topological polar surface area (TPSA) is 76.4 Å². The van der Waals surface area contributed by atoms with E-state index in [-0.39, 0.29) is 17.6 Å². The highest BCUT2D eigenvalue weighted by atomic mass is 16.5. The van der Waals surface area contributed by atoms with E-state index in [0.29, 0.717) is 6.54 Å². The maximum Gasteiger partial charge on any atom is 0.228 e. The third-order valence-corrected chi connectivity index (χ3v) is 4.54. The van der Waals surface area contributed by atoms with Crippen molar-refractivity contribution in [3.8, 4) is 11.6 Å². The number of phenols is 1. The average Bonchev–Trinajstić information content (AvgIpc) is 3.17. The number of phenolic OH excluding ortho intramolecular Hbond substituents is 1. The Bertz CT molecular complexity index is 730. The normalized spacial score (nSPS) is 18.9. The number of carbonyl (C=O) groups is 1. The van der Waals surface area contributed by atoms with Crippen LogP contribution in [0, 0.1) is 0 Å². The SMILES string of the molecule is O=C(NCc1cc2n(n1)CCCO2)C1CCc2cccc(O)c21. The van der Waals surface area contributed by atoms with Crippen molar-refractivity contribution in [2.45, 2.75) is 38.3 Å². The standard InChI is InChI=1S/C17H19N3O3/c21-14-4-1-3-11-5-6-13(16(11)14)17(22)18-10-12-9-15-20(19-12)7-2-8-23-15/h1,3-4,9,13,21H,2,5-8,10H2,(H,18,22). The molecule has 0 bridgehead atoms. The van der Waals surface area contributed by atoms with Crippen LogP contribution in [0.1, 0.15) is 35.6 Å². The summed E-state index contributed by atoms with van der Waals surface area (Å²) in [6.07, 6.45) is 2.52. The van der Waals surface area contributed by atoms with Gasteiger partial charge < -0.3 is 15.2 Å². The van der Waals surface area contributed by atoms with Gasteiger partial charge in [0.05, 0.1) is 24.8 Å². The lowest BCUT2D eigenvalue weighted by Gasteiger charge is -2.13. The molecular weight excluding hydrogens is 294 g/mol. The Morgan fingerprint density at radius 1 is 1.48 bits per heavy atom. The number of aromatic hydroxyl groups is 1. The minimum atomic E-state index is -0.278. The molecule has 1 unspecified atom stereocenters. The number of aromatic nitrogens is 2. The van der Waals surface area contributed by atoms with Crippen molar-refractivity contribution in [3.63, 3.8) is 0 Å². The van der Waals surface area contributed by atoms with Gasteiger partial charge in [0, 0.05) is 24.6 Å². The third-order valence-electron chi connectivity index (χ3n) is 4.54. The van der Waals surface area contributed by atoms with Gasteiger partial charge in [-0.2, -0.15) is 5.10 Å². The van der Waals surface area contributed by atoms with Crippen LogP contribution in [-0.4, -0.2) is 27.4 Å². The van der Waals surface area contributed by atoms with Crippen LogP contribution in [0.25, 0.3) is 0 Å². The monoisotopic (exact) mass is 313 g/mol. The number of fused-ring (bicyclic) bond motifs is 2. The van der Waals surface area contributed by atoms with Crippen molar-refractivity contribution < 1.29 is 14.6 Å².